The van der Waals surface area contributed by atoms with Crippen LogP contribution in [0.2, 0.25) is 0 Å². The van der Waals surface area contributed by atoms with Crippen molar-refractivity contribution < 1.29 is 14.6 Å². The molecule has 1 fully saturated rings. The summed E-state index contributed by atoms with van der Waals surface area (Å²) in [5.41, 5.74) is 0. The first-order valence-electron chi connectivity index (χ1n) is 3.94. The number of nitrogens with zero attached hydrogens (tertiary/aromatic N) is 1. The van der Waals surface area contributed by atoms with Gasteiger partial charge in [0.2, 0.25) is 5.91 Å². The van der Waals surface area contributed by atoms with E-state index in [0.717, 1.165) is 0 Å². The van der Waals surface area contributed by atoms with Gasteiger partial charge in [-0.25, -0.2) is 0 Å². The fourth-order valence-corrected chi connectivity index (χ4v) is 1.05. The zero-order chi connectivity index (χ0) is 8.97. The second kappa shape index (κ2) is 4.11. The van der Waals surface area contributed by atoms with E-state index in [9.17, 15) is 4.79 Å². The summed E-state index contributed by atoms with van der Waals surface area (Å²) in [6.07, 6.45) is 1.23. The minimum Gasteiger partial charge on any atom is -0.512 e. The molecule has 0 aromatic heterocycles. The highest BCUT2D eigenvalue weighted by Crippen LogP contribution is 1.99. The molecule has 4 heteroatoms. The maximum Gasteiger partial charge on any atom is 0.250 e. The Balaban J connectivity index is 2.45. The topological polar surface area (TPSA) is 49.8 Å². The van der Waals surface area contributed by atoms with Gasteiger partial charge in [-0.3, -0.25) is 4.79 Å². The molecule has 1 amide bonds. The van der Waals surface area contributed by atoms with E-state index in [0.29, 0.717) is 26.3 Å². The lowest BCUT2D eigenvalue weighted by Crippen LogP contribution is -2.39. The van der Waals surface area contributed by atoms with Crippen LogP contribution in [-0.4, -0.2) is 42.2 Å². The van der Waals surface area contributed by atoms with Crippen molar-refractivity contribution >= 4 is 5.91 Å². The van der Waals surface area contributed by atoms with Crippen molar-refractivity contribution in [3.8, 4) is 0 Å². The molecule has 1 heterocycles. The van der Waals surface area contributed by atoms with E-state index < -0.39 is 0 Å². The molecule has 0 unspecified atom stereocenters. The Labute approximate surface area is 71.4 Å². The van der Waals surface area contributed by atoms with Crippen LogP contribution in [0.25, 0.3) is 0 Å². The fraction of sp³-hybridized carbons (Fsp3) is 0.625. The average Bonchev–Trinajstić information content (AvgIpc) is 2.05. The quantitative estimate of drug-likeness (QED) is 0.456. The maximum atomic E-state index is 11.2. The standard InChI is InChI=1S/C8H13NO3/c1-7(10)6-8(11)9-2-4-12-5-3-9/h6,10H,2-5H2,1H3. The molecular weight excluding hydrogens is 158 g/mol. The van der Waals surface area contributed by atoms with Gasteiger partial charge in [-0.1, -0.05) is 0 Å². The monoisotopic (exact) mass is 171 g/mol. The number of carbonyl (C=O) groups excluding carboxylic acids is 1. The first-order valence-corrected chi connectivity index (χ1v) is 3.94. The largest absolute Gasteiger partial charge is 0.512 e. The Kier molecular flexibility index (Phi) is 3.10. The first kappa shape index (κ1) is 9.06. The van der Waals surface area contributed by atoms with Crippen molar-refractivity contribution in [3.05, 3.63) is 11.8 Å². The summed E-state index contributed by atoms with van der Waals surface area (Å²) in [5, 5.41) is 8.84. The highest BCUT2D eigenvalue weighted by Gasteiger charge is 2.14. The number of allylic oxidation sites excluding steroid dienone is 1. The molecule has 12 heavy (non-hydrogen) atoms. The SMILES string of the molecule is CC(O)=CC(=O)N1CCOCC1. The van der Waals surface area contributed by atoms with E-state index in [1.54, 1.807) is 4.90 Å². The molecule has 1 saturated heterocycles. The number of ether oxygens (including phenoxy) is 1. The Morgan fingerprint density at radius 2 is 2.08 bits per heavy atom. The van der Waals surface area contributed by atoms with Crippen LogP contribution < -0.4 is 0 Å². The third kappa shape index (κ3) is 2.54. The Morgan fingerprint density at radius 3 is 2.58 bits per heavy atom. The summed E-state index contributed by atoms with van der Waals surface area (Å²) in [6.45, 7) is 3.89. The van der Waals surface area contributed by atoms with Crippen molar-refractivity contribution in [2.75, 3.05) is 26.3 Å². The van der Waals surface area contributed by atoms with E-state index in [-0.39, 0.29) is 11.7 Å². The van der Waals surface area contributed by atoms with Gasteiger partial charge < -0.3 is 14.7 Å². The number of carbonyl (C=O) groups is 1. The molecule has 1 rings (SSSR count). The summed E-state index contributed by atoms with van der Waals surface area (Å²) in [6, 6.07) is 0. The molecule has 1 aliphatic rings. The Bertz CT molecular complexity index is 190. The molecule has 0 atom stereocenters. The van der Waals surface area contributed by atoms with E-state index in [1.807, 2.05) is 0 Å². The van der Waals surface area contributed by atoms with Gasteiger partial charge in [-0.05, 0) is 6.92 Å². The fourth-order valence-electron chi connectivity index (χ4n) is 1.05. The molecule has 0 aromatic carbocycles. The molecule has 0 aliphatic carbocycles. The minimum absolute atomic E-state index is 0.0477. The van der Waals surface area contributed by atoms with Gasteiger partial charge >= 0.3 is 0 Å². The average molecular weight is 171 g/mol. The molecule has 0 radical (unpaired) electrons. The van der Waals surface area contributed by atoms with E-state index >= 15 is 0 Å². The third-order valence-electron chi connectivity index (χ3n) is 1.66. The number of morpholine rings is 1. The van der Waals surface area contributed by atoms with Crippen LogP contribution in [0.4, 0.5) is 0 Å². The lowest BCUT2D eigenvalue weighted by molar-refractivity contribution is -0.130. The predicted molar refractivity (Wildman–Crippen MR) is 43.8 cm³/mol. The summed E-state index contributed by atoms with van der Waals surface area (Å²) in [4.78, 5) is 12.9. The summed E-state index contributed by atoms with van der Waals surface area (Å²) in [7, 11) is 0. The van der Waals surface area contributed by atoms with Gasteiger partial charge in [-0.2, -0.15) is 0 Å². The van der Waals surface area contributed by atoms with Gasteiger partial charge in [-0.15, -0.1) is 0 Å². The molecule has 1 aliphatic heterocycles. The first-order chi connectivity index (χ1) is 5.70. The van der Waals surface area contributed by atoms with Crippen LogP contribution in [0.3, 0.4) is 0 Å². The van der Waals surface area contributed by atoms with Crippen LogP contribution in [-0.2, 0) is 9.53 Å². The van der Waals surface area contributed by atoms with Crippen LogP contribution in [0.5, 0.6) is 0 Å². The number of rotatable bonds is 1. The minimum atomic E-state index is -0.140. The molecule has 0 spiro atoms. The number of amides is 1. The van der Waals surface area contributed by atoms with Crippen LogP contribution >= 0.6 is 0 Å². The predicted octanol–water partition coefficient (Wildman–Crippen LogP) is 0.307. The normalized spacial score (nSPS) is 19.4. The molecule has 0 bridgehead atoms. The number of hydrogen-bond donors (Lipinski definition) is 1. The van der Waals surface area contributed by atoms with Gasteiger partial charge in [0.1, 0.15) is 0 Å². The van der Waals surface area contributed by atoms with Crippen molar-refractivity contribution in [2.45, 2.75) is 6.92 Å². The van der Waals surface area contributed by atoms with Gasteiger partial charge in [0.05, 0.1) is 19.0 Å². The van der Waals surface area contributed by atoms with E-state index in [2.05, 4.69) is 0 Å². The van der Waals surface area contributed by atoms with Crippen LogP contribution in [0.15, 0.2) is 11.8 Å². The lowest BCUT2D eigenvalue weighted by atomic mass is 10.3. The van der Waals surface area contributed by atoms with Crippen molar-refractivity contribution in [1.29, 1.82) is 0 Å². The molecule has 0 saturated carbocycles. The van der Waals surface area contributed by atoms with E-state index in [1.165, 1.54) is 13.0 Å². The Hall–Kier alpha value is -1.03. The molecule has 4 nitrogen and oxygen atoms in total. The van der Waals surface area contributed by atoms with Crippen LogP contribution in [0, 0.1) is 0 Å². The second-order valence-corrected chi connectivity index (χ2v) is 2.72. The molecule has 1 N–H and O–H groups in total. The van der Waals surface area contributed by atoms with Gasteiger partial charge in [0.15, 0.2) is 0 Å². The smallest absolute Gasteiger partial charge is 0.250 e. The molecular formula is C8H13NO3. The van der Waals surface area contributed by atoms with Crippen molar-refractivity contribution in [1.82, 2.24) is 4.90 Å². The van der Waals surface area contributed by atoms with Crippen LogP contribution in [0.1, 0.15) is 6.92 Å². The van der Waals surface area contributed by atoms with E-state index in [4.69, 9.17) is 9.84 Å². The van der Waals surface area contributed by atoms with Gasteiger partial charge in [0, 0.05) is 19.2 Å². The lowest BCUT2D eigenvalue weighted by Gasteiger charge is -2.25. The summed E-state index contributed by atoms with van der Waals surface area (Å²) < 4.78 is 5.08. The Morgan fingerprint density at radius 1 is 1.50 bits per heavy atom. The maximum absolute atomic E-state index is 11.2. The number of aliphatic hydroxyl groups is 1. The highest BCUT2D eigenvalue weighted by atomic mass is 16.5. The zero-order valence-corrected chi connectivity index (χ0v) is 7.12. The highest BCUT2D eigenvalue weighted by molar-refractivity contribution is 5.87. The van der Waals surface area contributed by atoms with Crippen molar-refractivity contribution in [2.24, 2.45) is 0 Å². The van der Waals surface area contributed by atoms with Gasteiger partial charge in [0.25, 0.3) is 0 Å². The van der Waals surface area contributed by atoms with Crippen molar-refractivity contribution in [3.63, 3.8) is 0 Å². The molecule has 68 valence electrons. The zero-order valence-electron chi connectivity index (χ0n) is 7.12. The summed E-state index contributed by atoms with van der Waals surface area (Å²) >= 11 is 0. The number of aliphatic hydroxyl groups excluding tert-OH is 1. The second-order valence-electron chi connectivity index (χ2n) is 2.72. The number of hydrogen-bond acceptors (Lipinski definition) is 3. The summed E-state index contributed by atoms with van der Waals surface area (Å²) in [5.74, 6) is -0.0928. The molecule has 0 aromatic rings. The third-order valence-corrected chi connectivity index (χ3v) is 1.66.